The van der Waals surface area contributed by atoms with Crippen molar-refractivity contribution in [2.45, 2.75) is 72.1 Å². The standard InChI is InChI=1S/C24H33N2O2/c1-16-9-8-10-17(2)22(16)28-15-18(3)25-14-19-11-12-20-21(13-19)24(6,7)26(27)23(20,4)5/h8-13,18,25H,14-15H2,1-7H3. The summed E-state index contributed by atoms with van der Waals surface area (Å²) in [4.78, 5) is 0. The monoisotopic (exact) mass is 381 g/mol. The molecule has 1 unspecified atom stereocenters. The fourth-order valence-electron chi connectivity index (χ4n) is 4.24. The molecule has 3 rings (SSSR count). The molecular formula is C24H33N2O2. The Balaban J connectivity index is 1.64. The quantitative estimate of drug-likeness (QED) is 0.766. The Bertz CT molecular complexity index is 837. The van der Waals surface area contributed by atoms with Crippen LogP contribution in [0.25, 0.3) is 0 Å². The number of hydrogen-bond donors (Lipinski definition) is 1. The first-order valence-electron chi connectivity index (χ1n) is 10.1. The van der Waals surface area contributed by atoms with Crippen LogP contribution in [0.3, 0.4) is 0 Å². The maximum atomic E-state index is 12.7. The van der Waals surface area contributed by atoms with Gasteiger partial charge in [0.1, 0.15) is 12.4 Å². The Labute approximate surface area is 169 Å². The molecule has 1 heterocycles. The molecule has 1 atom stereocenters. The number of ether oxygens (including phenoxy) is 1. The number of rotatable bonds is 6. The molecule has 1 N–H and O–H groups in total. The number of hydroxylamine groups is 2. The molecule has 2 aromatic rings. The third-order valence-electron chi connectivity index (χ3n) is 5.96. The van der Waals surface area contributed by atoms with Crippen molar-refractivity contribution in [3.05, 3.63) is 64.2 Å². The van der Waals surface area contributed by atoms with Gasteiger partial charge in [-0.1, -0.05) is 36.4 Å². The van der Waals surface area contributed by atoms with Crippen molar-refractivity contribution in [2.75, 3.05) is 6.61 Å². The minimum absolute atomic E-state index is 0.215. The van der Waals surface area contributed by atoms with Crippen LogP contribution in [0.4, 0.5) is 0 Å². The lowest BCUT2D eigenvalue weighted by Crippen LogP contribution is -2.41. The van der Waals surface area contributed by atoms with Gasteiger partial charge >= 0.3 is 0 Å². The van der Waals surface area contributed by atoms with Crippen LogP contribution in [-0.2, 0) is 22.8 Å². The summed E-state index contributed by atoms with van der Waals surface area (Å²) in [5, 5.41) is 17.5. The number of nitrogens with zero attached hydrogens (tertiary/aromatic N) is 1. The highest BCUT2D eigenvalue weighted by molar-refractivity contribution is 5.45. The van der Waals surface area contributed by atoms with E-state index in [0.717, 1.165) is 34.5 Å². The van der Waals surface area contributed by atoms with Crippen LogP contribution in [0.2, 0.25) is 0 Å². The molecule has 0 saturated heterocycles. The Kier molecular flexibility index (Phi) is 5.59. The van der Waals surface area contributed by atoms with Gasteiger partial charge in [0.25, 0.3) is 0 Å². The zero-order valence-electron chi connectivity index (χ0n) is 18.2. The normalized spacial score (nSPS) is 18.7. The molecule has 1 radical (unpaired) electrons. The van der Waals surface area contributed by atoms with Crippen LogP contribution in [0.1, 0.15) is 62.4 Å². The summed E-state index contributed by atoms with van der Waals surface area (Å²) in [6.45, 7) is 15.7. The largest absolute Gasteiger partial charge is 0.491 e. The molecule has 151 valence electrons. The number of aryl methyl sites for hydroxylation is 2. The lowest BCUT2D eigenvalue weighted by atomic mass is 9.89. The van der Waals surface area contributed by atoms with E-state index in [1.54, 1.807) is 0 Å². The first-order valence-corrected chi connectivity index (χ1v) is 10.1. The average Bonchev–Trinajstić information content (AvgIpc) is 2.77. The van der Waals surface area contributed by atoms with Gasteiger partial charge in [0, 0.05) is 12.6 Å². The first-order chi connectivity index (χ1) is 13.0. The van der Waals surface area contributed by atoms with Gasteiger partial charge < -0.3 is 10.1 Å². The molecule has 28 heavy (non-hydrogen) atoms. The molecule has 0 aromatic heterocycles. The summed E-state index contributed by atoms with van der Waals surface area (Å²) in [7, 11) is 0. The van der Waals surface area contributed by atoms with Crippen molar-refractivity contribution in [3.63, 3.8) is 0 Å². The molecule has 1 aliphatic heterocycles. The summed E-state index contributed by atoms with van der Waals surface area (Å²) < 4.78 is 6.06. The summed E-state index contributed by atoms with van der Waals surface area (Å²) >= 11 is 0. The van der Waals surface area contributed by atoms with E-state index in [2.05, 4.69) is 62.5 Å². The molecule has 0 spiro atoms. The Morgan fingerprint density at radius 3 is 2.25 bits per heavy atom. The van der Waals surface area contributed by atoms with Crippen LogP contribution in [0, 0.1) is 13.8 Å². The predicted octanol–water partition coefficient (Wildman–Crippen LogP) is 4.99. The van der Waals surface area contributed by atoms with Crippen LogP contribution >= 0.6 is 0 Å². The maximum Gasteiger partial charge on any atom is 0.125 e. The molecule has 0 aliphatic carbocycles. The minimum atomic E-state index is -0.508. The van der Waals surface area contributed by atoms with Gasteiger partial charge in [-0.25, -0.2) is 0 Å². The van der Waals surface area contributed by atoms with Gasteiger partial charge in [-0.05, 0) is 76.3 Å². The molecule has 4 heteroatoms. The van der Waals surface area contributed by atoms with E-state index in [9.17, 15) is 5.21 Å². The number of nitrogens with one attached hydrogen (secondary N) is 1. The summed E-state index contributed by atoms with van der Waals surface area (Å²) in [6, 6.07) is 12.8. The van der Waals surface area contributed by atoms with E-state index in [4.69, 9.17) is 4.74 Å². The van der Waals surface area contributed by atoms with Gasteiger partial charge in [0.2, 0.25) is 0 Å². The highest BCUT2D eigenvalue weighted by Crippen LogP contribution is 2.48. The summed E-state index contributed by atoms with van der Waals surface area (Å²) in [5.41, 5.74) is 4.78. The van der Waals surface area contributed by atoms with E-state index in [-0.39, 0.29) is 6.04 Å². The molecule has 2 aromatic carbocycles. The second-order valence-electron chi connectivity index (χ2n) is 9.11. The van der Waals surface area contributed by atoms with Crippen LogP contribution in [0.5, 0.6) is 5.75 Å². The van der Waals surface area contributed by atoms with Crippen molar-refractivity contribution in [1.82, 2.24) is 10.4 Å². The molecule has 1 aliphatic rings. The lowest BCUT2D eigenvalue weighted by Gasteiger charge is -2.32. The van der Waals surface area contributed by atoms with Crippen LogP contribution in [-0.4, -0.2) is 17.7 Å². The minimum Gasteiger partial charge on any atom is -0.491 e. The molecule has 4 nitrogen and oxygen atoms in total. The third kappa shape index (κ3) is 3.69. The number of hydrogen-bond acceptors (Lipinski definition) is 3. The third-order valence-corrected chi connectivity index (χ3v) is 5.96. The zero-order chi connectivity index (χ0) is 20.7. The van der Waals surface area contributed by atoms with Crippen LogP contribution in [0.15, 0.2) is 36.4 Å². The fraction of sp³-hybridized carbons (Fsp3) is 0.500. The van der Waals surface area contributed by atoms with E-state index >= 15 is 0 Å². The molecule has 0 fully saturated rings. The predicted molar refractivity (Wildman–Crippen MR) is 113 cm³/mol. The molecule has 0 saturated carbocycles. The first kappa shape index (κ1) is 20.8. The Hall–Kier alpha value is -1.88. The smallest absolute Gasteiger partial charge is 0.125 e. The van der Waals surface area contributed by atoms with Gasteiger partial charge in [0.15, 0.2) is 0 Å². The highest BCUT2D eigenvalue weighted by atomic mass is 16.5. The SMILES string of the molecule is Cc1cccc(C)c1OCC(C)NCc1ccc2c(c1)C(C)(C)N([O])C2(C)C. The summed E-state index contributed by atoms with van der Waals surface area (Å²) in [6.07, 6.45) is 0. The second kappa shape index (κ2) is 7.51. The summed E-state index contributed by atoms with van der Waals surface area (Å²) in [5.74, 6) is 0.980. The van der Waals surface area contributed by atoms with Gasteiger partial charge in [0.05, 0.1) is 11.1 Å². The Morgan fingerprint density at radius 1 is 1.00 bits per heavy atom. The van der Waals surface area contributed by atoms with Crippen molar-refractivity contribution in [2.24, 2.45) is 0 Å². The number of benzene rings is 2. The van der Waals surface area contributed by atoms with E-state index in [1.165, 1.54) is 10.6 Å². The molecular weight excluding hydrogens is 348 g/mol. The van der Waals surface area contributed by atoms with Crippen molar-refractivity contribution < 1.29 is 9.94 Å². The topological polar surface area (TPSA) is 44.4 Å². The van der Waals surface area contributed by atoms with E-state index < -0.39 is 11.1 Å². The molecule has 0 bridgehead atoms. The average molecular weight is 382 g/mol. The highest BCUT2D eigenvalue weighted by Gasteiger charge is 2.49. The van der Waals surface area contributed by atoms with E-state index in [1.807, 2.05) is 27.7 Å². The van der Waals surface area contributed by atoms with Gasteiger partial charge in [-0.15, -0.1) is 10.3 Å². The molecule has 0 amide bonds. The number of fused-ring (bicyclic) bond motifs is 1. The van der Waals surface area contributed by atoms with Crippen molar-refractivity contribution in [1.29, 1.82) is 0 Å². The van der Waals surface area contributed by atoms with Gasteiger partial charge in [-0.3, -0.25) is 0 Å². The maximum absolute atomic E-state index is 12.7. The lowest BCUT2D eigenvalue weighted by molar-refractivity contribution is -0.266. The zero-order valence-corrected chi connectivity index (χ0v) is 18.2. The number of para-hydroxylation sites is 1. The van der Waals surface area contributed by atoms with E-state index in [0.29, 0.717) is 6.61 Å². The second-order valence-corrected chi connectivity index (χ2v) is 9.11. The van der Waals surface area contributed by atoms with Crippen molar-refractivity contribution in [3.8, 4) is 5.75 Å². The van der Waals surface area contributed by atoms with Gasteiger partial charge in [-0.2, -0.15) is 0 Å². The van der Waals surface area contributed by atoms with Crippen LogP contribution < -0.4 is 10.1 Å². The Morgan fingerprint density at radius 2 is 1.61 bits per heavy atom. The van der Waals surface area contributed by atoms with Crippen molar-refractivity contribution >= 4 is 0 Å². The fourth-order valence-corrected chi connectivity index (χ4v) is 4.24.